The van der Waals surface area contributed by atoms with E-state index >= 15 is 0 Å². The quantitative estimate of drug-likeness (QED) is 0.819. The van der Waals surface area contributed by atoms with Crippen molar-refractivity contribution >= 4 is 0 Å². The molecule has 2 rings (SSSR count). The van der Waals surface area contributed by atoms with Crippen LogP contribution in [0.3, 0.4) is 0 Å². The normalized spacial score (nSPS) is 20.3. The summed E-state index contributed by atoms with van der Waals surface area (Å²) in [5, 5.41) is 3.78. The SMILES string of the molecule is CCCN1CCC(C(C)NCC(C)c2ccccc2)CC1. The second-order valence-electron chi connectivity index (χ2n) is 6.69. The molecular formula is C19H32N2. The van der Waals surface area contributed by atoms with Crippen LogP contribution in [0, 0.1) is 5.92 Å². The van der Waals surface area contributed by atoms with Gasteiger partial charge in [-0.2, -0.15) is 0 Å². The first kappa shape index (κ1) is 16.5. The summed E-state index contributed by atoms with van der Waals surface area (Å²) in [6.07, 6.45) is 3.99. The highest BCUT2D eigenvalue weighted by Crippen LogP contribution is 2.21. The molecule has 1 fully saturated rings. The summed E-state index contributed by atoms with van der Waals surface area (Å²) in [5.74, 6) is 1.44. The minimum Gasteiger partial charge on any atom is -0.313 e. The topological polar surface area (TPSA) is 15.3 Å². The van der Waals surface area contributed by atoms with Gasteiger partial charge in [0.1, 0.15) is 0 Å². The molecule has 1 aromatic carbocycles. The van der Waals surface area contributed by atoms with Crippen molar-refractivity contribution in [2.75, 3.05) is 26.2 Å². The van der Waals surface area contributed by atoms with E-state index in [0.717, 1.165) is 12.5 Å². The number of hydrogen-bond donors (Lipinski definition) is 1. The Morgan fingerprint density at radius 1 is 1.14 bits per heavy atom. The Morgan fingerprint density at radius 3 is 2.43 bits per heavy atom. The minimum absolute atomic E-state index is 0.592. The van der Waals surface area contributed by atoms with Crippen molar-refractivity contribution in [1.29, 1.82) is 0 Å². The maximum Gasteiger partial charge on any atom is 0.00681 e. The van der Waals surface area contributed by atoms with Crippen LogP contribution in [0.4, 0.5) is 0 Å². The summed E-state index contributed by atoms with van der Waals surface area (Å²) < 4.78 is 0. The molecule has 0 spiro atoms. The monoisotopic (exact) mass is 288 g/mol. The molecule has 0 radical (unpaired) electrons. The van der Waals surface area contributed by atoms with E-state index < -0.39 is 0 Å². The van der Waals surface area contributed by atoms with Crippen LogP contribution in [0.1, 0.15) is 51.5 Å². The first-order chi connectivity index (χ1) is 10.2. The third-order valence-electron chi connectivity index (χ3n) is 4.99. The highest BCUT2D eigenvalue weighted by atomic mass is 15.1. The van der Waals surface area contributed by atoms with Crippen LogP contribution in [-0.4, -0.2) is 37.1 Å². The summed E-state index contributed by atoms with van der Waals surface area (Å²) in [6.45, 7) is 11.9. The first-order valence-electron chi connectivity index (χ1n) is 8.71. The lowest BCUT2D eigenvalue weighted by Gasteiger charge is -2.35. The van der Waals surface area contributed by atoms with E-state index in [9.17, 15) is 0 Å². The second kappa shape index (κ2) is 8.55. The number of nitrogens with zero attached hydrogens (tertiary/aromatic N) is 1. The van der Waals surface area contributed by atoms with Crippen LogP contribution < -0.4 is 5.32 Å². The van der Waals surface area contributed by atoms with E-state index in [2.05, 4.69) is 61.3 Å². The Kier molecular flexibility index (Phi) is 6.72. The van der Waals surface area contributed by atoms with E-state index in [-0.39, 0.29) is 0 Å². The zero-order valence-corrected chi connectivity index (χ0v) is 14.0. The third-order valence-corrected chi connectivity index (χ3v) is 4.99. The maximum absolute atomic E-state index is 3.78. The lowest BCUT2D eigenvalue weighted by molar-refractivity contribution is 0.162. The predicted octanol–water partition coefficient (Wildman–Crippen LogP) is 3.89. The number of benzene rings is 1. The van der Waals surface area contributed by atoms with Crippen LogP contribution in [-0.2, 0) is 0 Å². The molecule has 0 aromatic heterocycles. The Balaban J connectivity index is 1.71. The third kappa shape index (κ3) is 5.12. The number of nitrogens with one attached hydrogen (secondary N) is 1. The molecule has 0 aliphatic carbocycles. The van der Waals surface area contributed by atoms with E-state index in [0.29, 0.717) is 12.0 Å². The molecule has 1 aliphatic heterocycles. The van der Waals surface area contributed by atoms with Crippen molar-refractivity contribution in [2.24, 2.45) is 5.92 Å². The van der Waals surface area contributed by atoms with Gasteiger partial charge in [0.05, 0.1) is 0 Å². The smallest absolute Gasteiger partial charge is 0.00681 e. The summed E-state index contributed by atoms with van der Waals surface area (Å²) in [5.41, 5.74) is 1.44. The summed E-state index contributed by atoms with van der Waals surface area (Å²) >= 11 is 0. The molecule has 0 amide bonds. The van der Waals surface area contributed by atoms with Crippen LogP contribution in [0.5, 0.6) is 0 Å². The van der Waals surface area contributed by atoms with Crippen molar-refractivity contribution < 1.29 is 0 Å². The van der Waals surface area contributed by atoms with Gasteiger partial charge in [-0.25, -0.2) is 0 Å². The van der Waals surface area contributed by atoms with Gasteiger partial charge in [-0.1, -0.05) is 44.2 Å². The fourth-order valence-corrected chi connectivity index (χ4v) is 3.42. The van der Waals surface area contributed by atoms with Crippen molar-refractivity contribution in [1.82, 2.24) is 10.2 Å². The second-order valence-corrected chi connectivity index (χ2v) is 6.69. The molecule has 2 unspecified atom stereocenters. The molecule has 2 heteroatoms. The molecule has 2 atom stereocenters. The van der Waals surface area contributed by atoms with Crippen LogP contribution >= 0.6 is 0 Å². The van der Waals surface area contributed by atoms with Gasteiger partial charge < -0.3 is 10.2 Å². The maximum atomic E-state index is 3.78. The highest BCUT2D eigenvalue weighted by molar-refractivity contribution is 5.19. The Bertz CT molecular complexity index is 382. The van der Waals surface area contributed by atoms with Gasteiger partial charge in [0, 0.05) is 12.6 Å². The summed E-state index contributed by atoms with van der Waals surface area (Å²) in [7, 11) is 0. The van der Waals surface area contributed by atoms with Gasteiger partial charge in [-0.15, -0.1) is 0 Å². The molecule has 0 bridgehead atoms. The van der Waals surface area contributed by atoms with Crippen molar-refractivity contribution in [3.63, 3.8) is 0 Å². The van der Waals surface area contributed by atoms with Gasteiger partial charge in [0.15, 0.2) is 0 Å². The van der Waals surface area contributed by atoms with Crippen LogP contribution in [0.25, 0.3) is 0 Å². The number of hydrogen-bond acceptors (Lipinski definition) is 2. The van der Waals surface area contributed by atoms with Crippen LogP contribution in [0.2, 0.25) is 0 Å². The average Bonchev–Trinajstić information content (AvgIpc) is 2.54. The Morgan fingerprint density at radius 2 is 1.81 bits per heavy atom. The molecule has 1 aromatic rings. The fraction of sp³-hybridized carbons (Fsp3) is 0.684. The lowest BCUT2D eigenvalue weighted by Crippen LogP contribution is -2.43. The van der Waals surface area contributed by atoms with Gasteiger partial charge in [0.2, 0.25) is 0 Å². The van der Waals surface area contributed by atoms with E-state index in [4.69, 9.17) is 0 Å². The van der Waals surface area contributed by atoms with E-state index in [1.165, 1.54) is 44.5 Å². The first-order valence-corrected chi connectivity index (χ1v) is 8.71. The molecule has 1 N–H and O–H groups in total. The Hall–Kier alpha value is -0.860. The highest BCUT2D eigenvalue weighted by Gasteiger charge is 2.23. The molecule has 2 nitrogen and oxygen atoms in total. The molecule has 0 saturated carbocycles. The van der Waals surface area contributed by atoms with Gasteiger partial charge in [-0.3, -0.25) is 0 Å². The lowest BCUT2D eigenvalue weighted by atomic mass is 9.89. The van der Waals surface area contributed by atoms with Crippen molar-refractivity contribution in [3.05, 3.63) is 35.9 Å². The molecule has 118 valence electrons. The summed E-state index contributed by atoms with van der Waals surface area (Å²) in [4.78, 5) is 2.62. The average molecular weight is 288 g/mol. The molecule has 21 heavy (non-hydrogen) atoms. The zero-order chi connectivity index (χ0) is 15.1. The van der Waals surface area contributed by atoms with Gasteiger partial charge in [-0.05, 0) is 63.2 Å². The number of rotatable bonds is 7. The number of likely N-dealkylation sites (tertiary alicyclic amines) is 1. The Labute approximate surface area is 130 Å². The zero-order valence-electron chi connectivity index (χ0n) is 14.0. The molecular weight excluding hydrogens is 256 g/mol. The fourth-order valence-electron chi connectivity index (χ4n) is 3.42. The summed E-state index contributed by atoms with van der Waals surface area (Å²) in [6, 6.07) is 11.5. The van der Waals surface area contributed by atoms with E-state index in [1.807, 2.05) is 0 Å². The predicted molar refractivity (Wildman–Crippen MR) is 91.8 cm³/mol. The van der Waals surface area contributed by atoms with Gasteiger partial charge in [0.25, 0.3) is 0 Å². The number of piperidine rings is 1. The van der Waals surface area contributed by atoms with E-state index in [1.54, 1.807) is 0 Å². The largest absolute Gasteiger partial charge is 0.313 e. The molecule has 1 aliphatic rings. The minimum atomic E-state index is 0.592. The van der Waals surface area contributed by atoms with Gasteiger partial charge >= 0.3 is 0 Å². The van der Waals surface area contributed by atoms with Crippen molar-refractivity contribution in [3.8, 4) is 0 Å². The molecule has 1 saturated heterocycles. The van der Waals surface area contributed by atoms with Crippen LogP contribution in [0.15, 0.2) is 30.3 Å². The molecule has 1 heterocycles. The van der Waals surface area contributed by atoms with Crippen molar-refractivity contribution in [2.45, 2.75) is 52.0 Å². The standard InChI is InChI=1S/C19H32N2/c1-4-12-21-13-10-19(11-14-21)17(3)20-15-16(2)18-8-6-5-7-9-18/h5-9,16-17,19-20H,4,10-15H2,1-3H3.